The highest BCUT2D eigenvalue weighted by atomic mass is 79.9. The normalized spacial score (nSPS) is 11.2. The highest BCUT2D eigenvalue weighted by molar-refractivity contribution is 9.09. The van der Waals surface area contributed by atoms with Gasteiger partial charge in [-0.15, -0.1) is 0 Å². The molecule has 0 radical (unpaired) electrons. The maximum Gasteiger partial charge on any atom is 0.272 e. The molecule has 0 fully saturated rings. The van der Waals surface area contributed by atoms with Gasteiger partial charge in [-0.3, -0.25) is 14.9 Å². The average molecular weight is 333 g/mol. The number of alkyl halides is 1. The lowest BCUT2D eigenvalue weighted by molar-refractivity contribution is -0.385. The van der Waals surface area contributed by atoms with E-state index in [4.69, 9.17) is 0 Å². The first-order valence-electron chi connectivity index (χ1n) is 5.49. The molecular weight excluding hydrogens is 319 g/mol. The Morgan fingerprint density at radius 2 is 2.11 bits per heavy atom. The van der Waals surface area contributed by atoms with Gasteiger partial charge in [-0.1, -0.05) is 15.9 Å². The van der Waals surface area contributed by atoms with E-state index in [9.17, 15) is 19.3 Å². The van der Waals surface area contributed by atoms with Gasteiger partial charge in [0.15, 0.2) is 0 Å². The van der Waals surface area contributed by atoms with E-state index in [0.717, 1.165) is 18.2 Å². The largest absolute Gasteiger partial charge is 0.336 e. The Labute approximate surface area is 118 Å². The molecule has 0 aliphatic heterocycles. The van der Waals surface area contributed by atoms with E-state index in [1.165, 1.54) is 4.90 Å². The third-order valence-electron chi connectivity index (χ3n) is 2.93. The predicted molar refractivity (Wildman–Crippen MR) is 73.0 cm³/mol. The summed E-state index contributed by atoms with van der Waals surface area (Å²) in [6, 6.07) is 3.00. The fourth-order valence-electron chi connectivity index (χ4n) is 1.34. The zero-order valence-corrected chi connectivity index (χ0v) is 12.4. The molecule has 0 aliphatic carbocycles. The minimum atomic E-state index is -0.892. The lowest BCUT2D eigenvalue weighted by Crippen LogP contribution is -2.46. The molecule has 0 atom stereocenters. The lowest BCUT2D eigenvalue weighted by atomic mass is 10.0. The molecule has 0 aliphatic rings. The molecule has 0 saturated carbocycles. The summed E-state index contributed by atoms with van der Waals surface area (Å²) in [5.41, 5.74) is -1.05. The molecule has 0 spiro atoms. The van der Waals surface area contributed by atoms with Crippen LogP contribution < -0.4 is 0 Å². The third kappa shape index (κ3) is 3.28. The number of nitrogens with zero attached hydrogens (tertiary/aromatic N) is 2. The SMILES string of the molecule is CN(C(=O)c1ccc([N+](=O)[O-])cc1F)C(C)(C)CBr. The predicted octanol–water partition coefficient (Wildman–Crippen LogP) is 2.98. The van der Waals surface area contributed by atoms with Gasteiger partial charge in [-0.2, -0.15) is 0 Å². The van der Waals surface area contributed by atoms with Crippen LogP contribution in [-0.4, -0.2) is 33.6 Å². The molecule has 19 heavy (non-hydrogen) atoms. The molecule has 0 bridgehead atoms. The number of hydrogen-bond donors (Lipinski definition) is 0. The van der Waals surface area contributed by atoms with E-state index >= 15 is 0 Å². The van der Waals surface area contributed by atoms with Crippen molar-refractivity contribution in [2.75, 3.05) is 12.4 Å². The third-order valence-corrected chi connectivity index (χ3v) is 4.31. The number of non-ortho nitro benzene ring substituents is 1. The second kappa shape index (κ2) is 5.64. The van der Waals surface area contributed by atoms with Crippen LogP contribution in [0.5, 0.6) is 0 Å². The van der Waals surface area contributed by atoms with E-state index in [1.54, 1.807) is 7.05 Å². The van der Waals surface area contributed by atoms with Crippen LogP contribution >= 0.6 is 15.9 Å². The van der Waals surface area contributed by atoms with Crippen LogP contribution in [0.4, 0.5) is 10.1 Å². The van der Waals surface area contributed by atoms with Crippen molar-refractivity contribution < 1.29 is 14.1 Å². The molecule has 1 aromatic carbocycles. The number of amides is 1. The molecule has 0 aromatic heterocycles. The van der Waals surface area contributed by atoms with Gasteiger partial charge < -0.3 is 4.90 Å². The minimum Gasteiger partial charge on any atom is -0.336 e. The van der Waals surface area contributed by atoms with E-state index < -0.39 is 22.2 Å². The molecule has 1 rings (SSSR count). The first kappa shape index (κ1) is 15.6. The highest BCUT2D eigenvalue weighted by Crippen LogP contribution is 2.22. The smallest absolute Gasteiger partial charge is 0.272 e. The zero-order chi connectivity index (χ0) is 14.8. The van der Waals surface area contributed by atoms with Gasteiger partial charge in [-0.05, 0) is 19.9 Å². The molecule has 0 heterocycles. The average Bonchev–Trinajstić information content (AvgIpc) is 2.36. The molecule has 5 nitrogen and oxygen atoms in total. The number of hydrogen-bond acceptors (Lipinski definition) is 3. The van der Waals surface area contributed by atoms with Crippen molar-refractivity contribution in [2.24, 2.45) is 0 Å². The standard InChI is InChI=1S/C12H14BrFN2O3/c1-12(2,7-13)15(3)11(17)9-5-4-8(16(18)19)6-10(9)14/h4-6H,7H2,1-3H3. The van der Waals surface area contributed by atoms with Gasteiger partial charge in [0, 0.05) is 24.0 Å². The van der Waals surface area contributed by atoms with Gasteiger partial charge in [0.1, 0.15) is 5.82 Å². The Kier molecular flexibility index (Phi) is 4.62. The number of nitro groups is 1. The van der Waals surface area contributed by atoms with Gasteiger partial charge in [-0.25, -0.2) is 4.39 Å². The molecule has 0 N–H and O–H groups in total. The van der Waals surface area contributed by atoms with Crippen LogP contribution in [-0.2, 0) is 0 Å². The van der Waals surface area contributed by atoms with Gasteiger partial charge >= 0.3 is 0 Å². The van der Waals surface area contributed by atoms with Crippen molar-refractivity contribution in [3.63, 3.8) is 0 Å². The first-order chi connectivity index (χ1) is 8.70. The summed E-state index contributed by atoms with van der Waals surface area (Å²) in [4.78, 5) is 23.3. The van der Waals surface area contributed by atoms with Crippen LogP contribution in [0.3, 0.4) is 0 Å². The fourth-order valence-corrected chi connectivity index (χ4v) is 1.71. The van der Waals surface area contributed by atoms with Crippen molar-refractivity contribution in [3.05, 3.63) is 39.7 Å². The van der Waals surface area contributed by atoms with E-state index in [1.807, 2.05) is 13.8 Å². The van der Waals surface area contributed by atoms with Crippen molar-refractivity contribution in [3.8, 4) is 0 Å². The van der Waals surface area contributed by atoms with Crippen molar-refractivity contribution >= 4 is 27.5 Å². The molecule has 7 heteroatoms. The van der Waals surface area contributed by atoms with Crippen molar-refractivity contribution in [2.45, 2.75) is 19.4 Å². The Morgan fingerprint density at radius 3 is 2.53 bits per heavy atom. The number of rotatable bonds is 4. The Bertz CT molecular complexity index is 520. The molecule has 0 saturated heterocycles. The highest BCUT2D eigenvalue weighted by Gasteiger charge is 2.29. The number of carbonyl (C=O) groups is 1. The Balaban J connectivity index is 3.11. The molecule has 1 aromatic rings. The molecule has 1 amide bonds. The summed E-state index contributed by atoms with van der Waals surface area (Å²) in [6.07, 6.45) is 0. The molecular formula is C12H14BrFN2O3. The van der Waals surface area contributed by atoms with Crippen LogP contribution in [0.2, 0.25) is 0 Å². The molecule has 104 valence electrons. The maximum absolute atomic E-state index is 13.7. The van der Waals surface area contributed by atoms with Crippen LogP contribution in [0, 0.1) is 15.9 Å². The van der Waals surface area contributed by atoms with E-state index in [-0.39, 0.29) is 11.3 Å². The topological polar surface area (TPSA) is 63.5 Å². The van der Waals surface area contributed by atoms with Gasteiger partial charge in [0.05, 0.1) is 16.6 Å². The van der Waals surface area contributed by atoms with Crippen molar-refractivity contribution in [1.29, 1.82) is 0 Å². The van der Waals surface area contributed by atoms with Gasteiger partial charge in [0.25, 0.3) is 11.6 Å². The number of benzene rings is 1. The Hall–Kier alpha value is -1.50. The van der Waals surface area contributed by atoms with Crippen molar-refractivity contribution in [1.82, 2.24) is 4.90 Å². The number of nitro benzene ring substituents is 1. The quantitative estimate of drug-likeness (QED) is 0.483. The van der Waals surface area contributed by atoms with E-state index in [2.05, 4.69) is 15.9 Å². The summed E-state index contributed by atoms with van der Waals surface area (Å²) < 4.78 is 13.7. The minimum absolute atomic E-state index is 0.179. The van der Waals surface area contributed by atoms with E-state index in [0.29, 0.717) is 5.33 Å². The zero-order valence-electron chi connectivity index (χ0n) is 10.8. The lowest BCUT2D eigenvalue weighted by Gasteiger charge is -2.34. The number of halogens is 2. The monoisotopic (exact) mass is 332 g/mol. The maximum atomic E-state index is 13.7. The summed E-state index contributed by atoms with van der Waals surface area (Å²) in [5.74, 6) is -1.41. The fraction of sp³-hybridized carbons (Fsp3) is 0.417. The Morgan fingerprint density at radius 1 is 1.53 bits per heavy atom. The summed E-state index contributed by atoms with van der Waals surface area (Å²) in [6.45, 7) is 3.64. The molecule has 0 unspecified atom stereocenters. The van der Waals surface area contributed by atoms with Crippen LogP contribution in [0.1, 0.15) is 24.2 Å². The summed E-state index contributed by atoms with van der Waals surface area (Å²) in [7, 11) is 1.56. The summed E-state index contributed by atoms with van der Waals surface area (Å²) >= 11 is 3.28. The first-order valence-corrected chi connectivity index (χ1v) is 6.61. The van der Waals surface area contributed by atoms with Crippen LogP contribution in [0.15, 0.2) is 18.2 Å². The van der Waals surface area contributed by atoms with Crippen LogP contribution in [0.25, 0.3) is 0 Å². The second-order valence-electron chi connectivity index (χ2n) is 4.73. The second-order valence-corrected chi connectivity index (χ2v) is 5.29. The van der Waals surface area contributed by atoms with Gasteiger partial charge in [0.2, 0.25) is 0 Å². The summed E-state index contributed by atoms with van der Waals surface area (Å²) in [5, 5.41) is 11.0. The number of carbonyl (C=O) groups excluding carboxylic acids is 1.